The zero-order chi connectivity index (χ0) is 15.5. The van der Waals surface area contributed by atoms with E-state index in [2.05, 4.69) is 20.6 Å². The van der Waals surface area contributed by atoms with E-state index in [0.717, 1.165) is 32.6 Å². The van der Waals surface area contributed by atoms with Crippen LogP contribution in [0.4, 0.5) is 0 Å². The highest BCUT2D eigenvalue weighted by Crippen LogP contribution is 2.13. The van der Waals surface area contributed by atoms with Crippen molar-refractivity contribution in [2.45, 2.75) is 25.4 Å². The van der Waals surface area contributed by atoms with Crippen LogP contribution in [0.1, 0.15) is 12.8 Å². The van der Waals surface area contributed by atoms with Crippen LogP contribution in [0.5, 0.6) is 0 Å². The van der Waals surface area contributed by atoms with Crippen LogP contribution in [0, 0.1) is 5.92 Å². The summed E-state index contributed by atoms with van der Waals surface area (Å²) in [7, 11) is 0. The largest absolute Gasteiger partial charge is 0.355 e. The monoisotopic (exact) mass is 325 g/mol. The summed E-state index contributed by atoms with van der Waals surface area (Å²) in [6, 6.07) is 0.127. The number of aromatic nitrogens is 2. The molecule has 0 aromatic carbocycles. The maximum absolute atomic E-state index is 12.1. The van der Waals surface area contributed by atoms with Crippen molar-refractivity contribution >= 4 is 23.4 Å². The van der Waals surface area contributed by atoms with Crippen LogP contribution in [-0.2, 0) is 16.1 Å². The summed E-state index contributed by atoms with van der Waals surface area (Å²) in [4.78, 5) is 25.9. The summed E-state index contributed by atoms with van der Waals surface area (Å²) in [6.45, 7) is 4.00. The fourth-order valence-electron chi connectivity index (χ4n) is 3.00. The van der Waals surface area contributed by atoms with Gasteiger partial charge in [0.25, 0.3) is 0 Å². The van der Waals surface area contributed by atoms with Crippen molar-refractivity contribution in [2.75, 3.05) is 26.2 Å². The molecule has 22 heavy (non-hydrogen) atoms. The molecule has 2 atom stereocenters. The number of halogens is 1. The number of rotatable bonds is 5. The normalized spacial score (nSPS) is 25.4. The first kappa shape index (κ1) is 15.3. The summed E-state index contributed by atoms with van der Waals surface area (Å²) in [6.07, 6.45) is 4.94. The highest BCUT2D eigenvalue weighted by Gasteiger charge is 2.33. The number of hydrogen-bond donors (Lipinski definition) is 2. The van der Waals surface area contributed by atoms with Crippen LogP contribution >= 0.6 is 11.6 Å². The molecular weight excluding hydrogens is 306 g/mol. The van der Waals surface area contributed by atoms with Crippen molar-refractivity contribution in [2.24, 2.45) is 5.92 Å². The minimum atomic E-state index is -0.514. The lowest BCUT2D eigenvalue weighted by Crippen LogP contribution is -2.42. The molecule has 3 rings (SSSR count). The minimum Gasteiger partial charge on any atom is -0.355 e. The number of amides is 2. The molecule has 0 aliphatic carbocycles. The van der Waals surface area contributed by atoms with E-state index in [1.54, 1.807) is 12.4 Å². The Hall–Kier alpha value is -1.60. The lowest BCUT2D eigenvalue weighted by atomic mass is 10.1. The van der Waals surface area contributed by atoms with Gasteiger partial charge in [0.2, 0.25) is 11.8 Å². The molecule has 8 heteroatoms. The van der Waals surface area contributed by atoms with Gasteiger partial charge in [-0.3, -0.25) is 19.2 Å². The maximum atomic E-state index is 12.1. The van der Waals surface area contributed by atoms with E-state index >= 15 is 0 Å². The quantitative estimate of drug-likeness (QED) is 0.739. The van der Waals surface area contributed by atoms with Crippen LogP contribution in [0.3, 0.4) is 0 Å². The SMILES string of the molecule is O=C1NCCC1C(=O)NC1CCN(CCn2cc(Cl)cn2)C1. The first-order valence-corrected chi connectivity index (χ1v) is 7.98. The van der Waals surface area contributed by atoms with E-state index < -0.39 is 5.92 Å². The molecule has 3 heterocycles. The van der Waals surface area contributed by atoms with Gasteiger partial charge in [0.15, 0.2) is 0 Å². The van der Waals surface area contributed by atoms with Crippen molar-refractivity contribution in [1.82, 2.24) is 25.3 Å². The summed E-state index contributed by atoms with van der Waals surface area (Å²) in [5.41, 5.74) is 0. The summed E-state index contributed by atoms with van der Waals surface area (Å²) >= 11 is 5.83. The Kier molecular flexibility index (Phi) is 4.63. The molecule has 120 valence electrons. The second-order valence-corrected chi connectivity index (χ2v) is 6.29. The van der Waals surface area contributed by atoms with E-state index in [1.165, 1.54) is 0 Å². The molecule has 2 aliphatic heterocycles. The van der Waals surface area contributed by atoms with Crippen LogP contribution in [0.25, 0.3) is 0 Å². The van der Waals surface area contributed by atoms with Crippen LogP contribution in [-0.4, -0.2) is 58.7 Å². The number of nitrogens with zero attached hydrogens (tertiary/aromatic N) is 3. The smallest absolute Gasteiger partial charge is 0.232 e. The first-order chi connectivity index (χ1) is 10.6. The molecule has 2 aliphatic rings. The third-order valence-electron chi connectivity index (χ3n) is 4.23. The van der Waals surface area contributed by atoms with Gasteiger partial charge in [0, 0.05) is 38.4 Å². The second kappa shape index (κ2) is 6.66. The molecule has 2 amide bonds. The third kappa shape index (κ3) is 3.59. The molecule has 7 nitrogen and oxygen atoms in total. The molecule has 0 bridgehead atoms. The molecule has 2 fully saturated rings. The van der Waals surface area contributed by atoms with Gasteiger partial charge in [-0.1, -0.05) is 11.6 Å². The zero-order valence-corrected chi connectivity index (χ0v) is 13.1. The number of carbonyl (C=O) groups is 2. The van der Waals surface area contributed by atoms with E-state index in [9.17, 15) is 9.59 Å². The Labute approximate surface area is 134 Å². The third-order valence-corrected chi connectivity index (χ3v) is 4.43. The molecule has 0 radical (unpaired) electrons. The number of nitrogens with one attached hydrogen (secondary N) is 2. The Morgan fingerprint density at radius 1 is 1.45 bits per heavy atom. The fourth-order valence-corrected chi connectivity index (χ4v) is 3.16. The molecule has 2 unspecified atom stereocenters. The van der Waals surface area contributed by atoms with Gasteiger partial charge >= 0.3 is 0 Å². The van der Waals surface area contributed by atoms with Gasteiger partial charge in [0.05, 0.1) is 17.8 Å². The van der Waals surface area contributed by atoms with Gasteiger partial charge in [0.1, 0.15) is 5.92 Å². The molecule has 0 spiro atoms. The molecule has 0 saturated carbocycles. The van der Waals surface area contributed by atoms with Gasteiger partial charge in [-0.25, -0.2) is 0 Å². The number of likely N-dealkylation sites (tertiary alicyclic amines) is 1. The van der Waals surface area contributed by atoms with Crippen molar-refractivity contribution in [3.63, 3.8) is 0 Å². The van der Waals surface area contributed by atoms with Gasteiger partial charge in [-0.05, 0) is 12.8 Å². The van der Waals surface area contributed by atoms with E-state index in [4.69, 9.17) is 11.6 Å². The zero-order valence-electron chi connectivity index (χ0n) is 12.3. The highest BCUT2D eigenvalue weighted by molar-refractivity contribution is 6.30. The average molecular weight is 326 g/mol. The Morgan fingerprint density at radius 2 is 2.32 bits per heavy atom. The second-order valence-electron chi connectivity index (χ2n) is 5.85. The highest BCUT2D eigenvalue weighted by atomic mass is 35.5. The Balaban J connectivity index is 1.42. The topological polar surface area (TPSA) is 79.3 Å². The number of hydrogen-bond acceptors (Lipinski definition) is 4. The molecular formula is C14H20ClN5O2. The van der Waals surface area contributed by atoms with E-state index in [1.807, 2.05) is 4.68 Å². The predicted octanol–water partition coefficient (Wildman–Crippen LogP) is -0.137. The lowest BCUT2D eigenvalue weighted by molar-refractivity contribution is -0.133. The molecule has 2 saturated heterocycles. The molecule has 1 aromatic rings. The average Bonchev–Trinajstić information content (AvgIpc) is 3.18. The predicted molar refractivity (Wildman–Crippen MR) is 81.3 cm³/mol. The Morgan fingerprint density at radius 3 is 3.00 bits per heavy atom. The number of carbonyl (C=O) groups excluding carboxylic acids is 2. The molecule has 2 N–H and O–H groups in total. The van der Waals surface area contributed by atoms with Gasteiger partial charge in [-0.15, -0.1) is 0 Å². The van der Waals surface area contributed by atoms with E-state index in [0.29, 0.717) is 18.0 Å². The lowest BCUT2D eigenvalue weighted by Gasteiger charge is -2.17. The minimum absolute atomic E-state index is 0.127. The summed E-state index contributed by atoms with van der Waals surface area (Å²) < 4.78 is 1.82. The maximum Gasteiger partial charge on any atom is 0.232 e. The van der Waals surface area contributed by atoms with Gasteiger partial charge < -0.3 is 10.6 Å². The first-order valence-electron chi connectivity index (χ1n) is 7.60. The van der Waals surface area contributed by atoms with Crippen molar-refractivity contribution < 1.29 is 9.59 Å². The van der Waals surface area contributed by atoms with Crippen LogP contribution in [0.2, 0.25) is 5.02 Å². The van der Waals surface area contributed by atoms with Crippen molar-refractivity contribution in [1.29, 1.82) is 0 Å². The summed E-state index contributed by atoms with van der Waals surface area (Å²) in [5, 5.41) is 10.5. The standard InChI is InChI=1S/C14H20ClN5O2/c15-10-7-17-20(8-10)6-5-19-4-2-11(9-19)18-14(22)12-1-3-16-13(12)21/h7-8,11-12H,1-6,9H2,(H,16,21)(H,18,22). The summed E-state index contributed by atoms with van der Waals surface area (Å²) in [5.74, 6) is -0.802. The Bertz CT molecular complexity index is 561. The van der Waals surface area contributed by atoms with Gasteiger partial charge in [-0.2, -0.15) is 5.10 Å². The van der Waals surface area contributed by atoms with Crippen molar-refractivity contribution in [3.8, 4) is 0 Å². The van der Waals surface area contributed by atoms with Crippen LogP contribution < -0.4 is 10.6 Å². The molecule has 1 aromatic heterocycles. The van der Waals surface area contributed by atoms with Crippen LogP contribution in [0.15, 0.2) is 12.4 Å². The fraction of sp³-hybridized carbons (Fsp3) is 0.643. The van der Waals surface area contributed by atoms with Crippen molar-refractivity contribution in [3.05, 3.63) is 17.4 Å². The van der Waals surface area contributed by atoms with E-state index in [-0.39, 0.29) is 17.9 Å².